The van der Waals surface area contributed by atoms with Crippen molar-refractivity contribution in [1.82, 2.24) is 0 Å². The molecule has 0 bridgehead atoms. The van der Waals surface area contributed by atoms with E-state index in [1.807, 2.05) is 30.3 Å². The van der Waals surface area contributed by atoms with Gasteiger partial charge in [-0.15, -0.1) is 0 Å². The van der Waals surface area contributed by atoms with Crippen molar-refractivity contribution in [1.29, 1.82) is 5.26 Å². The normalized spacial score (nSPS) is 11.0. The summed E-state index contributed by atoms with van der Waals surface area (Å²) in [6, 6.07) is 17.7. The smallest absolute Gasteiger partial charge is 0.266 e. The molecule has 3 rings (SSSR count). The molecular weight excluding hydrogens is 595 g/mol. The SMILES string of the molecule is COc1cc(/C=C(\C#N)C(=O)Nc2ccc(Cl)c(Cl)c2)cc(Br)c1OCc1ccccc1Br. The Bertz CT molecular complexity index is 1270. The van der Waals surface area contributed by atoms with E-state index in [1.54, 1.807) is 24.3 Å². The molecule has 5 nitrogen and oxygen atoms in total. The first-order chi connectivity index (χ1) is 15.8. The number of carbonyl (C=O) groups is 1. The van der Waals surface area contributed by atoms with Gasteiger partial charge in [-0.3, -0.25) is 4.79 Å². The van der Waals surface area contributed by atoms with Crippen LogP contribution in [0.25, 0.3) is 6.08 Å². The molecule has 0 aromatic heterocycles. The lowest BCUT2D eigenvalue weighted by atomic mass is 10.1. The van der Waals surface area contributed by atoms with Crippen LogP contribution >= 0.6 is 55.1 Å². The van der Waals surface area contributed by atoms with Crippen molar-refractivity contribution < 1.29 is 14.3 Å². The third kappa shape index (κ3) is 6.52. The minimum Gasteiger partial charge on any atom is -0.493 e. The van der Waals surface area contributed by atoms with E-state index in [0.717, 1.165) is 10.0 Å². The van der Waals surface area contributed by atoms with Gasteiger partial charge in [0.25, 0.3) is 5.91 Å². The molecule has 0 heterocycles. The summed E-state index contributed by atoms with van der Waals surface area (Å²) < 4.78 is 13.0. The van der Waals surface area contributed by atoms with E-state index in [2.05, 4.69) is 37.2 Å². The van der Waals surface area contributed by atoms with E-state index < -0.39 is 5.91 Å². The Morgan fingerprint density at radius 1 is 1.09 bits per heavy atom. The molecule has 9 heteroatoms. The molecule has 0 atom stereocenters. The predicted molar refractivity (Wildman–Crippen MR) is 138 cm³/mol. The molecule has 1 N–H and O–H groups in total. The Labute approximate surface area is 218 Å². The van der Waals surface area contributed by atoms with Gasteiger partial charge in [0.2, 0.25) is 0 Å². The van der Waals surface area contributed by atoms with E-state index >= 15 is 0 Å². The minimum atomic E-state index is -0.583. The van der Waals surface area contributed by atoms with Gasteiger partial charge in [-0.1, -0.05) is 57.3 Å². The van der Waals surface area contributed by atoms with Crippen LogP contribution in [0, 0.1) is 11.3 Å². The third-order valence-electron chi connectivity index (χ3n) is 4.44. The first-order valence-electron chi connectivity index (χ1n) is 9.44. The maximum absolute atomic E-state index is 12.6. The number of hydrogen-bond donors (Lipinski definition) is 1. The molecule has 0 unspecified atom stereocenters. The lowest BCUT2D eigenvalue weighted by Gasteiger charge is -2.14. The number of amides is 1. The number of methoxy groups -OCH3 is 1. The van der Waals surface area contributed by atoms with Crippen molar-refractivity contribution in [2.75, 3.05) is 12.4 Å². The zero-order chi connectivity index (χ0) is 24.0. The monoisotopic (exact) mass is 608 g/mol. The van der Waals surface area contributed by atoms with Gasteiger partial charge in [0.05, 0.1) is 21.6 Å². The Kier molecular flexibility index (Phi) is 8.81. The number of carbonyl (C=O) groups excluding carboxylic acids is 1. The minimum absolute atomic E-state index is 0.100. The first kappa shape index (κ1) is 25.1. The van der Waals surface area contributed by atoms with Gasteiger partial charge >= 0.3 is 0 Å². The van der Waals surface area contributed by atoms with Crippen molar-refractivity contribution in [3.05, 3.63) is 90.3 Å². The highest BCUT2D eigenvalue weighted by Crippen LogP contribution is 2.38. The average Bonchev–Trinajstić information content (AvgIpc) is 2.79. The number of nitrogens with zero attached hydrogens (tertiary/aromatic N) is 1. The van der Waals surface area contributed by atoms with Crippen LogP contribution in [0.1, 0.15) is 11.1 Å². The number of anilines is 1. The molecule has 3 aromatic carbocycles. The zero-order valence-corrected chi connectivity index (χ0v) is 21.8. The molecule has 0 radical (unpaired) electrons. The molecule has 168 valence electrons. The second-order valence-corrected chi connectivity index (χ2v) is 9.19. The van der Waals surface area contributed by atoms with Crippen LogP contribution in [-0.4, -0.2) is 13.0 Å². The molecule has 0 saturated heterocycles. The highest BCUT2D eigenvalue weighted by Gasteiger charge is 2.15. The quantitative estimate of drug-likeness (QED) is 0.220. The van der Waals surface area contributed by atoms with Crippen LogP contribution in [0.2, 0.25) is 10.0 Å². The standard InChI is InChI=1S/C24H16Br2Cl2N2O3/c1-32-22-10-14(9-19(26)23(22)33-13-15-4-2-3-5-18(15)25)8-16(12-29)24(31)30-17-6-7-20(27)21(28)11-17/h2-11H,13H2,1H3,(H,30,31)/b16-8+. The molecule has 0 saturated carbocycles. The highest BCUT2D eigenvalue weighted by atomic mass is 79.9. The van der Waals surface area contributed by atoms with Crippen LogP contribution in [-0.2, 0) is 11.4 Å². The molecular formula is C24H16Br2Cl2N2O3. The van der Waals surface area contributed by atoms with Crippen molar-refractivity contribution in [2.24, 2.45) is 0 Å². The fourth-order valence-electron chi connectivity index (χ4n) is 2.82. The van der Waals surface area contributed by atoms with Gasteiger partial charge in [-0.25, -0.2) is 0 Å². The van der Waals surface area contributed by atoms with Crippen LogP contribution in [0.3, 0.4) is 0 Å². The average molecular weight is 611 g/mol. The van der Waals surface area contributed by atoms with Gasteiger partial charge < -0.3 is 14.8 Å². The number of hydrogen-bond acceptors (Lipinski definition) is 4. The van der Waals surface area contributed by atoms with Crippen LogP contribution in [0.4, 0.5) is 5.69 Å². The summed E-state index contributed by atoms with van der Waals surface area (Å²) in [5.41, 5.74) is 1.87. The number of nitrogens with one attached hydrogen (secondary N) is 1. The number of benzene rings is 3. The maximum atomic E-state index is 12.6. The van der Waals surface area contributed by atoms with E-state index in [0.29, 0.717) is 43.9 Å². The second kappa shape index (κ2) is 11.6. The fraction of sp³-hybridized carbons (Fsp3) is 0.0833. The molecule has 3 aromatic rings. The van der Waals surface area contributed by atoms with Crippen molar-refractivity contribution in [3.63, 3.8) is 0 Å². The Balaban J connectivity index is 1.83. The number of nitriles is 1. The number of rotatable bonds is 7. The van der Waals surface area contributed by atoms with E-state index in [4.69, 9.17) is 32.7 Å². The Hall–Kier alpha value is -2.50. The Morgan fingerprint density at radius 3 is 2.52 bits per heavy atom. The summed E-state index contributed by atoms with van der Waals surface area (Å²) in [6.45, 7) is 0.321. The lowest BCUT2D eigenvalue weighted by molar-refractivity contribution is -0.112. The Morgan fingerprint density at radius 2 is 1.85 bits per heavy atom. The van der Waals surface area contributed by atoms with Crippen LogP contribution in [0.15, 0.2) is 69.1 Å². The van der Waals surface area contributed by atoms with Gasteiger partial charge in [0.15, 0.2) is 11.5 Å². The van der Waals surface area contributed by atoms with E-state index in [1.165, 1.54) is 19.3 Å². The summed E-state index contributed by atoms with van der Waals surface area (Å²) in [5.74, 6) is 0.370. The highest BCUT2D eigenvalue weighted by molar-refractivity contribution is 9.10. The van der Waals surface area contributed by atoms with Crippen molar-refractivity contribution >= 4 is 72.7 Å². The molecule has 0 aliphatic heterocycles. The first-order valence-corrected chi connectivity index (χ1v) is 11.8. The summed E-state index contributed by atoms with van der Waals surface area (Å²) in [6.07, 6.45) is 1.46. The summed E-state index contributed by atoms with van der Waals surface area (Å²) in [5, 5.41) is 12.8. The van der Waals surface area contributed by atoms with Crippen molar-refractivity contribution in [3.8, 4) is 17.6 Å². The summed E-state index contributed by atoms with van der Waals surface area (Å²) in [4.78, 5) is 12.6. The summed E-state index contributed by atoms with van der Waals surface area (Å²) in [7, 11) is 1.52. The molecule has 0 aliphatic carbocycles. The largest absolute Gasteiger partial charge is 0.493 e. The fourth-order valence-corrected chi connectivity index (χ4v) is 4.09. The lowest BCUT2D eigenvalue weighted by Crippen LogP contribution is -2.13. The zero-order valence-electron chi connectivity index (χ0n) is 17.2. The van der Waals surface area contributed by atoms with Crippen molar-refractivity contribution in [2.45, 2.75) is 6.61 Å². The van der Waals surface area contributed by atoms with Crippen LogP contribution < -0.4 is 14.8 Å². The molecule has 33 heavy (non-hydrogen) atoms. The van der Waals surface area contributed by atoms with E-state index in [-0.39, 0.29) is 5.57 Å². The molecule has 0 aliphatic rings. The number of halogens is 4. The molecule has 1 amide bonds. The van der Waals surface area contributed by atoms with Gasteiger partial charge in [0, 0.05) is 15.7 Å². The topological polar surface area (TPSA) is 71.3 Å². The number of ether oxygens (including phenoxy) is 2. The van der Waals surface area contributed by atoms with Gasteiger partial charge in [-0.05, 0) is 64.0 Å². The maximum Gasteiger partial charge on any atom is 0.266 e. The molecule has 0 spiro atoms. The third-order valence-corrected chi connectivity index (χ3v) is 6.54. The summed E-state index contributed by atoms with van der Waals surface area (Å²) >= 11 is 18.9. The van der Waals surface area contributed by atoms with E-state index in [9.17, 15) is 10.1 Å². The second-order valence-electron chi connectivity index (χ2n) is 6.67. The van der Waals surface area contributed by atoms with Gasteiger partial charge in [0.1, 0.15) is 18.2 Å². The molecule has 0 fully saturated rings. The predicted octanol–water partition coefficient (Wildman–Crippen LogP) is 7.65. The van der Waals surface area contributed by atoms with Crippen LogP contribution in [0.5, 0.6) is 11.5 Å². The van der Waals surface area contributed by atoms with Gasteiger partial charge in [-0.2, -0.15) is 5.26 Å².